The summed E-state index contributed by atoms with van der Waals surface area (Å²) in [4.78, 5) is 5.25. The number of phenols is 1. The predicted octanol–water partition coefficient (Wildman–Crippen LogP) is 2.84. The highest BCUT2D eigenvalue weighted by Crippen LogP contribution is 2.23. The minimum Gasteiger partial charge on any atom is -0.508 e. The lowest BCUT2D eigenvalue weighted by Gasteiger charge is -2.38. The molecule has 110 valence electrons. The van der Waals surface area contributed by atoms with Gasteiger partial charge in [0.05, 0.1) is 0 Å². The van der Waals surface area contributed by atoms with Crippen LogP contribution in [-0.2, 0) is 6.54 Å². The van der Waals surface area contributed by atoms with Gasteiger partial charge in [-0.1, -0.05) is 18.6 Å². The summed E-state index contributed by atoms with van der Waals surface area (Å²) >= 11 is 0. The number of hydrogen-bond donors (Lipinski definition) is 1. The Kier molecular flexibility index (Phi) is 4.58. The van der Waals surface area contributed by atoms with Gasteiger partial charge in [0, 0.05) is 19.1 Å². The van der Waals surface area contributed by atoms with Gasteiger partial charge in [-0.3, -0.25) is 4.90 Å². The van der Waals surface area contributed by atoms with E-state index in [2.05, 4.69) is 15.9 Å². The van der Waals surface area contributed by atoms with Crippen molar-refractivity contribution in [2.45, 2.75) is 44.7 Å². The predicted molar refractivity (Wildman–Crippen MR) is 81.8 cm³/mol. The first-order chi connectivity index (χ1) is 9.81. The van der Waals surface area contributed by atoms with Crippen molar-refractivity contribution in [3.05, 3.63) is 29.8 Å². The molecule has 2 aliphatic heterocycles. The summed E-state index contributed by atoms with van der Waals surface area (Å²) in [6, 6.07) is 8.43. The van der Waals surface area contributed by atoms with Gasteiger partial charge >= 0.3 is 0 Å². The first-order valence-corrected chi connectivity index (χ1v) is 8.05. The third-order valence-electron chi connectivity index (χ3n) is 4.71. The lowest BCUT2D eigenvalue weighted by Crippen LogP contribution is -2.45. The number of phenolic OH excluding ortho intramolecular Hbond substituents is 1. The number of aromatic hydroxyl groups is 1. The van der Waals surface area contributed by atoms with E-state index in [0.29, 0.717) is 11.8 Å². The fourth-order valence-corrected chi connectivity index (χ4v) is 3.63. The maximum Gasteiger partial charge on any atom is 0.115 e. The lowest BCUT2D eigenvalue weighted by atomic mass is 10.0. The number of rotatable bonds is 4. The van der Waals surface area contributed by atoms with E-state index in [9.17, 15) is 5.11 Å². The zero-order valence-electron chi connectivity index (χ0n) is 12.3. The zero-order chi connectivity index (χ0) is 13.8. The maximum atomic E-state index is 9.61. The summed E-state index contributed by atoms with van der Waals surface area (Å²) in [6.45, 7) is 5.99. The van der Waals surface area contributed by atoms with Gasteiger partial charge in [0.2, 0.25) is 0 Å². The first-order valence-electron chi connectivity index (χ1n) is 8.05. The summed E-state index contributed by atoms with van der Waals surface area (Å²) in [5, 5.41) is 9.61. The Morgan fingerprint density at radius 3 is 2.65 bits per heavy atom. The molecule has 0 bridgehead atoms. The SMILES string of the molecule is Oc1cccc(CN2CCCCC2CN2CCCC2)c1. The quantitative estimate of drug-likeness (QED) is 0.914. The Balaban J connectivity index is 1.62. The normalized spacial score (nSPS) is 25.1. The molecule has 3 heteroatoms. The molecule has 2 fully saturated rings. The largest absolute Gasteiger partial charge is 0.508 e. The summed E-state index contributed by atoms with van der Waals surface area (Å²) < 4.78 is 0. The second-order valence-corrected chi connectivity index (χ2v) is 6.30. The molecule has 2 heterocycles. The summed E-state index contributed by atoms with van der Waals surface area (Å²) in [6.07, 6.45) is 6.76. The Bertz CT molecular complexity index is 429. The topological polar surface area (TPSA) is 26.7 Å². The van der Waals surface area contributed by atoms with Crippen molar-refractivity contribution in [3.63, 3.8) is 0 Å². The molecule has 0 aliphatic carbocycles. The van der Waals surface area contributed by atoms with E-state index in [0.717, 1.165) is 6.54 Å². The van der Waals surface area contributed by atoms with Gasteiger partial charge in [0.15, 0.2) is 0 Å². The van der Waals surface area contributed by atoms with Crippen molar-refractivity contribution >= 4 is 0 Å². The van der Waals surface area contributed by atoms with E-state index in [1.165, 1.54) is 63.8 Å². The van der Waals surface area contributed by atoms with Crippen LogP contribution in [0.4, 0.5) is 0 Å². The number of piperidine rings is 1. The second kappa shape index (κ2) is 6.59. The van der Waals surface area contributed by atoms with E-state index in [4.69, 9.17) is 0 Å². The molecule has 1 N–H and O–H groups in total. The number of likely N-dealkylation sites (tertiary alicyclic amines) is 2. The van der Waals surface area contributed by atoms with Crippen LogP contribution in [0.2, 0.25) is 0 Å². The van der Waals surface area contributed by atoms with Gasteiger partial charge in [-0.25, -0.2) is 0 Å². The van der Waals surface area contributed by atoms with Gasteiger partial charge in [-0.2, -0.15) is 0 Å². The number of nitrogens with zero attached hydrogens (tertiary/aromatic N) is 2. The molecule has 3 nitrogen and oxygen atoms in total. The molecule has 1 aromatic carbocycles. The summed E-state index contributed by atoms with van der Waals surface area (Å²) in [5.41, 5.74) is 1.23. The van der Waals surface area contributed by atoms with Gasteiger partial charge in [-0.05, 0) is 63.0 Å². The highest BCUT2D eigenvalue weighted by atomic mass is 16.3. The monoisotopic (exact) mass is 274 g/mol. The highest BCUT2D eigenvalue weighted by molar-refractivity contribution is 5.27. The average molecular weight is 274 g/mol. The van der Waals surface area contributed by atoms with Crippen molar-refractivity contribution in [2.24, 2.45) is 0 Å². The van der Waals surface area contributed by atoms with Crippen LogP contribution in [-0.4, -0.2) is 47.1 Å². The van der Waals surface area contributed by atoms with Crippen LogP contribution in [0, 0.1) is 0 Å². The van der Waals surface area contributed by atoms with E-state index in [1.54, 1.807) is 6.07 Å². The third kappa shape index (κ3) is 3.53. The maximum absolute atomic E-state index is 9.61. The second-order valence-electron chi connectivity index (χ2n) is 6.30. The highest BCUT2D eigenvalue weighted by Gasteiger charge is 2.25. The minimum atomic E-state index is 0.385. The molecule has 2 aliphatic rings. The Morgan fingerprint density at radius 1 is 1.05 bits per heavy atom. The van der Waals surface area contributed by atoms with Crippen LogP contribution in [0.25, 0.3) is 0 Å². The van der Waals surface area contributed by atoms with Crippen molar-refractivity contribution in [2.75, 3.05) is 26.2 Å². The van der Waals surface area contributed by atoms with Gasteiger partial charge in [-0.15, -0.1) is 0 Å². The first kappa shape index (κ1) is 13.9. The summed E-state index contributed by atoms with van der Waals surface area (Å²) in [7, 11) is 0. The molecular formula is C17H26N2O. The van der Waals surface area contributed by atoms with Gasteiger partial charge in [0.1, 0.15) is 5.75 Å². The molecule has 0 radical (unpaired) electrons. The molecule has 1 unspecified atom stereocenters. The van der Waals surface area contributed by atoms with Crippen LogP contribution >= 0.6 is 0 Å². The van der Waals surface area contributed by atoms with E-state index < -0.39 is 0 Å². The van der Waals surface area contributed by atoms with Gasteiger partial charge in [0.25, 0.3) is 0 Å². The smallest absolute Gasteiger partial charge is 0.115 e. The fourth-order valence-electron chi connectivity index (χ4n) is 3.63. The number of benzene rings is 1. The molecule has 1 atom stereocenters. The van der Waals surface area contributed by atoms with Crippen LogP contribution < -0.4 is 0 Å². The molecule has 3 rings (SSSR count). The molecule has 1 aromatic rings. The Morgan fingerprint density at radius 2 is 1.85 bits per heavy atom. The van der Waals surface area contributed by atoms with E-state index >= 15 is 0 Å². The molecule has 0 spiro atoms. The Labute approximate surface area is 122 Å². The average Bonchev–Trinajstić information content (AvgIpc) is 2.94. The molecule has 0 amide bonds. The third-order valence-corrected chi connectivity index (χ3v) is 4.71. The standard InChI is InChI=1S/C17H26N2O/c20-17-8-5-6-15(12-17)13-19-11-2-1-7-16(19)14-18-9-3-4-10-18/h5-6,8,12,16,20H,1-4,7,9-11,13-14H2. The van der Waals surface area contributed by atoms with Gasteiger partial charge < -0.3 is 10.0 Å². The molecular weight excluding hydrogens is 248 g/mol. The van der Waals surface area contributed by atoms with Crippen LogP contribution in [0.5, 0.6) is 5.75 Å². The summed E-state index contributed by atoms with van der Waals surface area (Å²) in [5.74, 6) is 0.385. The van der Waals surface area contributed by atoms with E-state index in [1.807, 2.05) is 12.1 Å². The van der Waals surface area contributed by atoms with Crippen molar-refractivity contribution in [3.8, 4) is 5.75 Å². The minimum absolute atomic E-state index is 0.385. The fraction of sp³-hybridized carbons (Fsp3) is 0.647. The van der Waals surface area contributed by atoms with Crippen molar-refractivity contribution in [1.29, 1.82) is 0 Å². The van der Waals surface area contributed by atoms with Crippen molar-refractivity contribution in [1.82, 2.24) is 9.80 Å². The molecule has 20 heavy (non-hydrogen) atoms. The van der Waals surface area contributed by atoms with E-state index in [-0.39, 0.29) is 0 Å². The van der Waals surface area contributed by atoms with Crippen LogP contribution in [0.15, 0.2) is 24.3 Å². The zero-order valence-corrected chi connectivity index (χ0v) is 12.3. The molecule has 0 aromatic heterocycles. The molecule has 0 saturated carbocycles. The van der Waals surface area contributed by atoms with Crippen LogP contribution in [0.3, 0.4) is 0 Å². The number of hydrogen-bond acceptors (Lipinski definition) is 3. The molecule has 2 saturated heterocycles. The lowest BCUT2D eigenvalue weighted by molar-refractivity contribution is 0.106. The van der Waals surface area contributed by atoms with Crippen molar-refractivity contribution < 1.29 is 5.11 Å². The van der Waals surface area contributed by atoms with Crippen LogP contribution in [0.1, 0.15) is 37.7 Å². The Hall–Kier alpha value is -1.06.